The third-order valence-electron chi connectivity index (χ3n) is 2.82. The number of allylic oxidation sites excluding steroid dienone is 2. The Hall–Kier alpha value is -2.18. The van der Waals surface area contributed by atoms with Gasteiger partial charge in [0.2, 0.25) is 0 Å². The number of benzene rings is 1. The molecule has 1 aromatic carbocycles. The number of carbonyl (C=O) groups is 1. The van der Waals surface area contributed by atoms with Crippen LogP contribution in [0.1, 0.15) is 6.92 Å². The zero-order valence-electron chi connectivity index (χ0n) is 12.3. The predicted octanol–water partition coefficient (Wildman–Crippen LogP) is 2.45. The molecule has 118 valence electrons. The summed E-state index contributed by atoms with van der Waals surface area (Å²) in [4.78, 5) is 12.9. The lowest BCUT2D eigenvalue weighted by atomic mass is 10.1. The van der Waals surface area contributed by atoms with Gasteiger partial charge in [-0.1, -0.05) is 30.4 Å². The molecule has 0 aliphatic carbocycles. The van der Waals surface area contributed by atoms with E-state index < -0.39 is 10.1 Å². The van der Waals surface area contributed by atoms with Crippen LogP contribution >= 0.6 is 0 Å². The third-order valence-corrected chi connectivity index (χ3v) is 3.69. The van der Waals surface area contributed by atoms with Crippen LogP contribution in [-0.2, 0) is 14.9 Å². The van der Waals surface area contributed by atoms with Crippen molar-refractivity contribution in [1.82, 2.24) is 4.90 Å². The molecule has 1 heterocycles. The molecule has 0 atom stereocenters. The minimum absolute atomic E-state index is 0.0741. The van der Waals surface area contributed by atoms with Crippen molar-refractivity contribution in [1.29, 1.82) is 0 Å². The van der Waals surface area contributed by atoms with Gasteiger partial charge in [-0.25, -0.2) is 0 Å². The van der Waals surface area contributed by atoms with Crippen molar-refractivity contribution in [3.8, 4) is 0 Å². The highest BCUT2D eigenvalue weighted by Gasteiger charge is 2.06. The summed E-state index contributed by atoms with van der Waals surface area (Å²) in [6.45, 7) is 6.86. The Kier molecular flexibility index (Phi) is 6.75. The summed E-state index contributed by atoms with van der Waals surface area (Å²) in [5.74, 6) is 0.129. The Morgan fingerprint density at radius 3 is 2.36 bits per heavy atom. The normalized spacial score (nSPS) is 13.7. The van der Waals surface area contributed by atoms with Crippen molar-refractivity contribution in [2.75, 3.05) is 13.1 Å². The average Bonchev–Trinajstić information content (AvgIpc) is 2.49. The van der Waals surface area contributed by atoms with E-state index in [1.54, 1.807) is 25.1 Å². The Balaban J connectivity index is 0.000000224. The maximum atomic E-state index is 10.9. The summed E-state index contributed by atoms with van der Waals surface area (Å²) in [5, 5.41) is 0. The molecule has 22 heavy (non-hydrogen) atoms. The van der Waals surface area contributed by atoms with E-state index >= 15 is 0 Å². The molecule has 0 saturated heterocycles. The van der Waals surface area contributed by atoms with Crippen LogP contribution in [0.4, 0.5) is 0 Å². The van der Waals surface area contributed by atoms with Gasteiger partial charge in [0.1, 0.15) is 0 Å². The van der Waals surface area contributed by atoms with E-state index in [9.17, 15) is 13.2 Å². The van der Waals surface area contributed by atoms with Gasteiger partial charge >= 0.3 is 0 Å². The number of Topliss-reactive ketones (excluding diaryl/α,β-unsaturated/α-hetero) is 1. The van der Waals surface area contributed by atoms with Crippen molar-refractivity contribution >= 4 is 15.9 Å². The van der Waals surface area contributed by atoms with Gasteiger partial charge in [-0.05, 0) is 25.1 Å². The molecule has 0 saturated carbocycles. The summed E-state index contributed by atoms with van der Waals surface area (Å²) < 4.78 is 29.2. The van der Waals surface area contributed by atoms with Crippen molar-refractivity contribution in [2.24, 2.45) is 0 Å². The number of hydrogen-bond donors (Lipinski definition) is 1. The number of nitrogens with zero attached hydrogens (tertiary/aromatic N) is 1. The van der Waals surface area contributed by atoms with Crippen molar-refractivity contribution < 1.29 is 17.8 Å². The first-order valence-corrected chi connectivity index (χ1v) is 8.05. The summed E-state index contributed by atoms with van der Waals surface area (Å²) >= 11 is 0. The van der Waals surface area contributed by atoms with Crippen LogP contribution in [0.5, 0.6) is 0 Å². The van der Waals surface area contributed by atoms with Gasteiger partial charge in [0.15, 0.2) is 5.78 Å². The SMILES string of the molecule is C=CCN1C=CC(C(C)=O)=CC1.O=S(=O)(O)c1ccccc1. The van der Waals surface area contributed by atoms with E-state index in [-0.39, 0.29) is 10.7 Å². The number of hydrogen-bond acceptors (Lipinski definition) is 4. The standard InChI is InChI=1S/C10H13NO.C6H6O3S/c1-3-6-11-7-4-10(5-8-11)9(2)12;7-10(8,9)6-4-2-1-3-5-6/h3-5,7H,1,6,8H2,2H3;1-5H,(H,7,8,9). The van der Waals surface area contributed by atoms with Crippen molar-refractivity contribution in [3.63, 3.8) is 0 Å². The molecule has 0 fully saturated rings. The van der Waals surface area contributed by atoms with E-state index in [4.69, 9.17) is 4.55 Å². The second kappa shape index (κ2) is 8.31. The first-order valence-electron chi connectivity index (χ1n) is 6.61. The lowest BCUT2D eigenvalue weighted by molar-refractivity contribution is -0.113. The first-order chi connectivity index (χ1) is 10.3. The highest BCUT2D eigenvalue weighted by molar-refractivity contribution is 7.85. The molecule has 0 radical (unpaired) electrons. The lowest BCUT2D eigenvalue weighted by Gasteiger charge is -2.19. The molecule has 6 heteroatoms. The van der Waals surface area contributed by atoms with E-state index in [1.165, 1.54) is 12.1 Å². The number of carbonyl (C=O) groups excluding carboxylic acids is 1. The van der Waals surface area contributed by atoms with E-state index in [0.717, 1.165) is 18.7 Å². The van der Waals surface area contributed by atoms with Crippen LogP contribution in [0.3, 0.4) is 0 Å². The summed E-state index contributed by atoms with van der Waals surface area (Å²) in [5.41, 5.74) is 0.801. The minimum atomic E-state index is -4.00. The Morgan fingerprint density at radius 2 is 2.00 bits per heavy atom. The molecule has 1 aliphatic heterocycles. The maximum absolute atomic E-state index is 10.9. The first kappa shape index (κ1) is 17.9. The van der Waals surface area contributed by atoms with Crippen LogP contribution in [-0.4, -0.2) is 36.7 Å². The molecule has 0 amide bonds. The fourth-order valence-electron chi connectivity index (χ4n) is 1.68. The molecule has 1 aromatic rings. The van der Waals surface area contributed by atoms with Crippen LogP contribution < -0.4 is 0 Å². The van der Waals surface area contributed by atoms with E-state index in [0.29, 0.717) is 0 Å². The quantitative estimate of drug-likeness (QED) is 0.681. The Bertz CT molecular complexity index is 675. The van der Waals surface area contributed by atoms with Crippen LogP contribution in [0, 0.1) is 0 Å². The zero-order valence-corrected chi connectivity index (χ0v) is 13.2. The maximum Gasteiger partial charge on any atom is 0.294 e. The molecule has 0 unspecified atom stereocenters. The van der Waals surface area contributed by atoms with Crippen molar-refractivity contribution in [2.45, 2.75) is 11.8 Å². The average molecular weight is 321 g/mol. The van der Waals surface area contributed by atoms with Gasteiger partial charge in [0.25, 0.3) is 10.1 Å². The fourth-order valence-corrected chi connectivity index (χ4v) is 2.19. The highest BCUT2D eigenvalue weighted by atomic mass is 32.2. The topological polar surface area (TPSA) is 74.7 Å². The highest BCUT2D eigenvalue weighted by Crippen LogP contribution is 2.07. The van der Waals surface area contributed by atoms with Gasteiger partial charge in [0, 0.05) is 24.9 Å². The van der Waals surface area contributed by atoms with Crippen molar-refractivity contribution in [3.05, 3.63) is 66.9 Å². The van der Waals surface area contributed by atoms with Gasteiger partial charge in [-0.3, -0.25) is 9.35 Å². The number of rotatable bonds is 4. The van der Waals surface area contributed by atoms with Gasteiger partial charge in [-0.2, -0.15) is 8.42 Å². The molecule has 2 rings (SSSR count). The van der Waals surface area contributed by atoms with E-state index in [2.05, 4.69) is 11.5 Å². The van der Waals surface area contributed by atoms with E-state index in [1.807, 2.05) is 24.4 Å². The Labute approximate surface area is 131 Å². The van der Waals surface area contributed by atoms with Crippen LogP contribution in [0.25, 0.3) is 0 Å². The van der Waals surface area contributed by atoms with Crippen LogP contribution in [0.15, 0.2) is 71.8 Å². The molecule has 0 bridgehead atoms. The van der Waals surface area contributed by atoms with Gasteiger partial charge in [0.05, 0.1) is 4.90 Å². The second-order valence-electron chi connectivity index (χ2n) is 4.56. The fraction of sp³-hybridized carbons (Fsp3) is 0.188. The molecular weight excluding hydrogens is 302 g/mol. The predicted molar refractivity (Wildman–Crippen MR) is 85.9 cm³/mol. The molecule has 0 aromatic heterocycles. The van der Waals surface area contributed by atoms with Gasteiger partial charge in [-0.15, -0.1) is 6.58 Å². The molecule has 0 spiro atoms. The zero-order chi connectivity index (χ0) is 16.6. The summed E-state index contributed by atoms with van der Waals surface area (Å²) in [6, 6.07) is 7.42. The van der Waals surface area contributed by atoms with Crippen LogP contribution in [0.2, 0.25) is 0 Å². The largest absolute Gasteiger partial charge is 0.370 e. The second-order valence-corrected chi connectivity index (χ2v) is 5.98. The van der Waals surface area contributed by atoms with Gasteiger partial charge < -0.3 is 4.90 Å². The Morgan fingerprint density at radius 1 is 1.36 bits per heavy atom. The molecular formula is C16H19NO4S. The summed E-state index contributed by atoms with van der Waals surface area (Å²) in [6.07, 6.45) is 7.55. The lowest BCUT2D eigenvalue weighted by Crippen LogP contribution is -2.20. The summed E-state index contributed by atoms with van der Waals surface area (Å²) in [7, 11) is -4.00. The minimum Gasteiger partial charge on any atom is -0.370 e. The number of ketones is 1. The molecule has 1 N–H and O–H groups in total. The molecule has 5 nitrogen and oxygen atoms in total. The third kappa shape index (κ3) is 6.07. The molecule has 1 aliphatic rings. The smallest absolute Gasteiger partial charge is 0.294 e. The monoisotopic (exact) mass is 321 g/mol.